The Morgan fingerprint density at radius 2 is 1.40 bits per heavy atom. The number of aliphatic hydroxyl groups excluding tert-OH is 1. The van der Waals surface area contributed by atoms with E-state index < -0.39 is 35.7 Å². The van der Waals surface area contributed by atoms with Crippen molar-refractivity contribution < 1.29 is 29.3 Å². The van der Waals surface area contributed by atoms with Gasteiger partial charge in [0.05, 0.1) is 38.4 Å². The Labute approximate surface area is 326 Å². The van der Waals surface area contributed by atoms with Crippen LogP contribution in [-0.2, 0) is 35.5 Å². The van der Waals surface area contributed by atoms with E-state index in [2.05, 4.69) is 16.0 Å². The summed E-state index contributed by atoms with van der Waals surface area (Å²) in [6.45, 7) is 10.4. The molecule has 0 heterocycles. The second-order valence-electron chi connectivity index (χ2n) is 15.7. The summed E-state index contributed by atoms with van der Waals surface area (Å²) in [6.07, 6.45) is -0.0812. The maximum Gasteiger partial charge on any atom is 0.169 e. The standard InChI is InChI=1S/C45H60N4O6/c1-29(2)40(48-28-33-19-22-36(55-7)26-39(33)51)43(53)41(47-27-32-16-20-35(54-6)21-17-32)42(52)37(25-30-12-9-8-10-13-30)49-44(45(3,4)5)38(50)23-18-31-14-11-15-34(46)24-31/h8-17,19-22,24,26,29,37,40-42,44,47-49,51-52H,18,23,25,27-28,46H2,1-7H3/t37-,40+,41+,42+,44-/m0/s1. The van der Waals surface area contributed by atoms with Crippen LogP contribution in [0.3, 0.4) is 0 Å². The molecular weight excluding hydrogens is 693 g/mol. The lowest BCUT2D eigenvalue weighted by Gasteiger charge is -2.39. The van der Waals surface area contributed by atoms with Crippen molar-refractivity contribution in [3.05, 3.63) is 119 Å². The number of phenolic OH excluding ortho intramolecular Hbond substituents is 1. The SMILES string of the molecule is COc1ccc(CN[C@@H](C(=O)[C@H](NCc2ccc(OC)cc2O)C(C)C)[C@H](O)[C@H](Cc2ccccc2)N[C@@H](C(=O)CCc2cccc(N)c2)C(C)(C)C)cc1. The highest BCUT2D eigenvalue weighted by Gasteiger charge is 2.40. The van der Waals surface area contributed by atoms with Crippen molar-refractivity contribution in [2.24, 2.45) is 11.3 Å². The van der Waals surface area contributed by atoms with Crippen LogP contribution in [0.25, 0.3) is 0 Å². The Bertz CT molecular complexity index is 1810. The number of nitrogens with two attached hydrogens (primary N) is 1. The van der Waals surface area contributed by atoms with Gasteiger partial charge in [0, 0.05) is 42.9 Å². The Balaban J connectivity index is 1.68. The molecular formula is C45H60N4O6. The molecule has 0 aliphatic carbocycles. The third-order valence-electron chi connectivity index (χ3n) is 10.0. The average Bonchev–Trinajstić information content (AvgIpc) is 3.16. The monoisotopic (exact) mass is 752 g/mol. The summed E-state index contributed by atoms with van der Waals surface area (Å²) in [5.74, 6) is 0.901. The van der Waals surface area contributed by atoms with Crippen molar-refractivity contribution in [3.8, 4) is 17.2 Å². The number of Topliss-reactive ketones (excluding diaryl/α,β-unsaturated/α-hetero) is 2. The highest BCUT2D eigenvalue weighted by atomic mass is 16.5. The van der Waals surface area contributed by atoms with Crippen molar-refractivity contribution >= 4 is 17.3 Å². The number of methoxy groups -OCH3 is 2. The van der Waals surface area contributed by atoms with Crippen LogP contribution in [0.15, 0.2) is 97.1 Å². The maximum atomic E-state index is 14.8. The third-order valence-corrected chi connectivity index (χ3v) is 10.0. The molecule has 0 radical (unpaired) electrons. The van der Waals surface area contributed by atoms with Gasteiger partial charge in [-0.05, 0) is 71.2 Å². The second-order valence-corrected chi connectivity index (χ2v) is 15.7. The van der Waals surface area contributed by atoms with E-state index in [1.165, 1.54) is 13.2 Å². The predicted molar refractivity (Wildman–Crippen MR) is 219 cm³/mol. The van der Waals surface area contributed by atoms with E-state index in [4.69, 9.17) is 15.2 Å². The molecule has 10 heteroatoms. The number of anilines is 1. The number of aromatic hydroxyl groups is 1. The van der Waals surface area contributed by atoms with Crippen LogP contribution in [0.1, 0.15) is 63.3 Å². The predicted octanol–water partition coefficient (Wildman–Crippen LogP) is 6.01. The van der Waals surface area contributed by atoms with Crippen LogP contribution < -0.4 is 31.2 Å². The zero-order valence-corrected chi connectivity index (χ0v) is 33.3. The van der Waals surface area contributed by atoms with Gasteiger partial charge in [-0.15, -0.1) is 0 Å². The van der Waals surface area contributed by atoms with Crippen molar-refractivity contribution in [2.45, 2.75) is 97.2 Å². The molecule has 4 aromatic rings. The molecule has 0 fully saturated rings. The number of carbonyl (C=O) groups excluding carboxylic acids is 2. The molecule has 4 aromatic carbocycles. The van der Waals surface area contributed by atoms with Crippen LogP contribution in [0, 0.1) is 11.3 Å². The highest BCUT2D eigenvalue weighted by Crippen LogP contribution is 2.26. The summed E-state index contributed by atoms with van der Waals surface area (Å²) in [5.41, 5.74) is 9.59. The molecule has 7 N–H and O–H groups in total. The maximum absolute atomic E-state index is 14.8. The van der Waals surface area contributed by atoms with Crippen molar-refractivity contribution in [2.75, 3.05) is 20.0 Å². The molecule has 55 heavy (non-hydrogen) atoms. The van der Waals surface area contributed by atoms with Crippen LogP contribution in [0.2, 0.25) is 0 Å². The summed E-state index contributed by atoms with van der Waals surface area (Å²) in [5, 5.41) is 33.6. The number of ketones is 2. The number of nitrogen functional groups attached to an aromatic ring is 1. The lowest BCUT2D eigenvalue weighted by atomic mass is 9.80. The van der Waals surface area contributed by atoms with E-state index in [1.807, 2.05) is 113 Å². The number of hydrogen-bond acceptors (Lipinski definition) is 10. The van der Waals surface area contributed by atoms with Gasteiger partial charge in [0.2, 0.25) is 0 Å². The summed E-state index contributed by atoms with van der Waals surface area (Å²) in [6, 6.07) is 26.9. The van der Waals surface area contributed by atoms with E-state index in [-0.39, 0.29) is 36.2 Å². The number of carbonyl (C=O) groups is 2. The largest absolute Gasteiger partial charge is 0.507 e. The first-order chi connectivity index (χ1) is 26.2. The molecule has 0 saturated carbocycles. The van der Waals surface area contributed by atoms with Crippen LogP contribution in [-0.4, -0.2) is 66.3 Å². The Kier molecular flexibility index (Phi) is 15.8. The van der Waals surface area contributed by atoms with E-state index in [1.54, 1.807) is 19.2 Å². The first kappa shape index (κ1) is 43.0. The molecule has 0 aliphatic heterocycles. The Morgan fingerprint density at radius 1 is 0.764 bits per heavy atom. The third kappa shape index (κ3) is 12.7. The van der Waals surface area contributed by atoms with Gasteiger partial charge in [0.1, 0.15) is 17.2 Å². The van der Waals surface area contributed by atoms with E-state index in [0.717, 1.165) is 16.7 Å². The number of phenols is 1. The van der Waals surface area contributed by atoms with Crippen LogP contribution in [0.4, 0.5) is 5.69 Å². The quantitative estimate of drug-likeness (QED) is 0.0558. The molecule has 0 aromatic heterocycles. The van der Waals surface area contributed by atoms with Crippen molar-refractivity contribution in [1.29, 1.82) is 0 Å². The van der Waals surface area contributed by atoms with Crippen molar-refractivity contribution in [1.82, 2.24) is 16.0 Å². The number of aryl methyl sites for hydroxylation is 1. The molecule has 0 saturated heterocycles. The second kappa shape index (κ2) is 20.3. The van der Waals surface area contributed by atoms with Gasteiger partial charge < -0.3 is 41.4 Å². The lowest BCUT2D eigenvalue weighted by Crippen LogP contribution is -2.63. The smallest absolute Gasteiger partial charge is 0.169 e. The molecule has 296 valence electrons. The van der Waals surface area contributed by atoms with E-state index in [0.29, 0.717) is 42.1 Å². The number of hydrogen-bond donors (Lipinski definition) is 6. The number of nitrogens with one attached hydrogen (secondary N) is 3. The van der Waals surface area contributed by atoms with Gasteiger partial charge in [-0.3, -0.25) is 9.59 Å². The van der Waals surface area contributed by atoms with Crippen LogP contribution in [0.5, 0.6) is 17.2 Å². The molecule has 10 nitrogen and oxygen atoms in total. The van der Waals surface area contributed by atoms with Crippen molar-refractivity contribution in [3.63, 3.8) is 0 Å². The summed E-state index contributed by atoms with van der Waals surface area (Å²) < 4.78 is 10.6. The molecule has 0 bridgehead atoms. The van der Waals surface area contributed by atoms with E-state index in [9.17, 15) is 19.8 Å². The molecule has 0 unspecified atom stereocenters. The molecule has 0 amide bonds. The molecule has 0 aliphatic rings. The minimum atomic E-state index is -1.25. The molecule has 0 spiro atoms. The fourth-order valence-corrected chi connectivity index (χ4v) is 6.84. The Hall–Kier alpha value is -4.74. The fourth-order valence-electron chi connectivity index (χ4n) is 6.84. The highest BCUT2D eigenvalue weighted by molar-refractivity contribution is 5.90. The zero-order chi connectivity index (χ0) is 40.1. The zero-order valence-electron chi connectivity index (χ0n) is 33.3. The fraction of sp³-hybridized carbons (Fsp3) is 0.422. The van der Waals surface area contributed by atoms with E-state index >= 15 is 0 Å². The molecule has 4 rings (SSSR count). The van der Waals surface area contributed by atoms with Gasteiger partial charge >= 0.3 is 0 Å². The minimum Gasteiger partial charge on any atom is -0.507 e. The first-order valence-corrected chi connectivity index (χ1v) is 19.0. The van der Waals surface area contributed by atoms with Gasteiger partial charge in [-0.2, -0.15) is 0 Å². The summed E-state index contributed by atoms with van der Waals surface area (Å²) >= 11 is 0. The van der Waals surface area contributed by atoms with Gasteiger partial charge in [-0.1, -0.05) is 95.3 Å². The molecule has 5 atom stereocenters. The average molecular weight is 753 g/mol. The number of benzene rings is 4. The van der Waals surface area contributed by atoms with Gasteiger partial charge in [-0.25, -0.2) is 0 Å². The van der Waals surface area contributed by atoms with Gasteiger partial charge in [0.25, 0.3) is 0 Å². The normalized spacial score (nSPS) is 14.5. The van der Waals surface area contributed by atoms with Crippen LogP contribution >= 0.6 is 0 Å². The first-order valence-electron chi connectivity index (χ1n) is 19.0. The topological polar surface area (TPSA) is 155 Å². The lowest BCUT2D eigenvalue weighted by molar-refractivity contribution is -0.128. The number of rotatable bonds is 21. The minimum absolute atomic E-state index is 0.00952. The Morgan fingerprint density at radius 3 is 2.00 bits per heavy atom. The summed E-state index contributed by atoms with van der Waals surface area (Å²) in [7, 11) is 3.14. The summed E-state index contributed by atoms with van der Waals surface area (Å²) in [4.78, 5) is 28.9. The van der Waals surface area contributed by atoms with Gasteiger partial charge in [0.15, 0.2) is 11.6 Å². The number of ether oxygens (including phenoxy) is 2. The number of aliphatic hydroxyl groups is 1.